The van der Waals surface area contributed by atoms with Crippen molar-refractivity contribution in [3.8, 4) is 39.1 Å². The van der Waals surface area contributed by atoms with Crippen LogP contribution in [0.3, 0.4) is 0 Å². The molecule has 0 saturated carbocycles. The molecule has 0 amide bonds. The molecule has 0 spiro atoms. The third kappa shape index (κ3) is 6.16. The summed E-state index contributed by atoms with van der Waals surface area (Å²) in [7, 11) is 0. The SMILES string of the molecule is Cc1ccc(-c2ccc3c(c2)-c2ccccc2C3c2ccc3cc(C=Cc4ccc5cc(-n6c7ccccc7c7cc(-c8ccc(C)cc8)ccc76)ccc5c4)ccc3c2)cc1. The van der Waals surface area contributed by atoms with Gasteiger partial charge in [0.15, 0.2) is 0 Å². The first-order valence-electron chi connectivity index (χ1n) is 21.7. The van der Waals surface area contributed by atoms with Crippen LogP contribution in [0.1, 0.15) is 44.9 Å². The maximum Gasteiger partial charge on any atom is 0.0541 e. The van der Waals surface area contributed by atoms with Crippen LogP contribution in [-0.4, -0.2) is 4.57 Å². The molecule has 62 heavy (non-hydrogen) atoms. The average Bonchev–Trinajstić information content (AvgIpc) is 3.83. The van der Waals surface area contributed by atoms with Gasteiger partial charge < -0.3 is 4.57 Å². The Bertz CT molecular complexity index is 3580. The molecule has 1 heteroatoms. The maximum absolute atomic E-state index is 2.41. The van der Waals surface area contributed by atoms with E-state index < -0.39 is 0 Å². The van der Waals surface area contributed by atoms with Gasteiger partial charge in [0.05, 0.1) is 11.0 Å². The molecule has 0 aliphatic heterocycles. The van der Waals surface area contributed by atoms with E-state index in [2.05, 4.69) is 237 Å². The number of aryl methyl sites for hydroxylation is 2. The highest BCUT2D eigenvalue weighted by atomic mass is 15.0. The van der Waals surface area contributed by atoms with Crippen LogP contribution in [0, 0.1) is 13.8 Å². The van der Waals surface area contributed by atoms with E-state index in [0.717, 1.165) is 0 Å². The maximum atomic E-state index is 2.41. The van der Waals surface area contributed by atoms with Crippen molar-refractivity contribution in [2.45, 2.75) is 19.8 Å². The Balaban J connectivity index is 0.820. The van der Waals surface area contributed by atoms with Crippen LogP contribution in [0.5, 0.6) is 0 Å². The highest BCUT2D eigenvalue weighted by Crippen LogP contribution is 2.49. The van der Waals surface area contributed by atoms with Crippen LogP contribution < -0.4 is 0 Å². The second kappa shape index (κ2) is 14.5. The van der Waals surface area contributed by atoms with Gasteiger partial charge in [-0.3, -0.25) is 0 Å². The molecule has 12 rings (SSSR count). The summed E-state index contributed by atoms with van der Waals surface area (Å²) in [6.07, 6.45) is 4.47. The first-order chi connectivity index (χ1) is 30.5. The lowest BCUT2D eigenvalue weighted by Gasteiger charge is -2.16. The van der Waals surface area contributed by atoms with Gasteiger partial charge >= 0.3 is 0 Å². The van der Waals surface area contributed by atoms with Crippen molar-refractivity contribution in [3.05, 3.63) is 245 Å². The van der Waals surface area contributed by atoms with Crippen LogP contribution in [0.15, 0.2) is 206 Å². The highest BCUT2D eigenvalue weighted by molar-refractivity contribution is 6.10. The Morgan fingerprint density at radius 3 is 1.66 bits per heavy atom. The first-order valence-corrected chi connectivity index (χ1v) is 21.7. The number of para-hydroxylation sites is 1. The molecule has 0 radical (unpaired) electrons. The van der Waals surface area contributed by atoms with Crippen LogP contribution in [0.25, 0.3) is 94.6 Å². The topological polar surface area (TPSA) is 4.93 Å². The van der Waals surface area contributed by atoms with Gasteiger partial charge in [0.2, 0.25) is 0 Å². The van der Waals surface area contributed by atoms with Gasteiger partial charge in [-0.25, -0.2) is 0 Å². The second-order valence-corrected chi connectivity index (χ2v) is 17.1. The second-order valence-electron chi connectivity index (χ2n) is 17.1. The molecule has 1 atom stereocenters. The Morgan fingerprint density at radius 1 is 0.371 bits per heavy atom. The van der Waals surface area contributed by atoms with E-state index in [1.165, 1.54) is 121 Å². The summed E-state index contributed by atoms with van der Waals surface area (Å²) in [5.74, 6) is 0.209. The molecule has 10 aromatic carbocycles. The zero-order chi connectivity index (χ0) is 41.3. The molecule has 0 saturated heterocycles. The standard InChI is InChI=1S/C61H43N/c1-39-11-19-43(20-12-39)49-28-31-56-57(37-49)53-7-3-4-9-55(53)61(56)51-26-25-45-33-41(17-23-47(45)35-51)15-16-42-18-24-48-36-52(30-27-46(48)34-42)62-59-10-6-5-8-54(59)58-38-50(29-32-60(58)62)44-21-13-40(2)14-22-44/h3-38,61H,1-2H3. The van der Waals surface area contributed by atoms with Crippen LogP contribution in [0.4, 0.5) is 0 Å². The molecule has 292 valence electrons. The zero-order valence-electron chi connectivity index (χ0n) is 34.8. The molecule has 1 nitrogen and oxygen atoms in total. The van der Waals surface area contributed by atoms with E-state index in [1.54, 1.807) is 0 Å². The monoisotopic (exact) mass is 789 g/mol. The minimum atomic E-state index is 0.209. The minimum absolute atomic E-state index is 0.209. The Kier molecular flexibility index (Phi) is 8.43. The fraction of sp³-hybridized carbons (Fsp3) is 0.0492. The van der Waals surface area contributed by atoms with E-state index in [4.69, 9.17) is 0 Å². The summed E-state index contributed by atoms with van der Waals surface area (Å²) in [4.78, 5) is 0. The van der Waals surface area contributed by atoms with Crippen molar-refractivity contribution in [1.82, 2.24) is 4.57 Å². The highest BCUT2D eigenvalue weighted by Gasteiger charge is 2.30. The van der Waals surface area contributed by atoms with Gasteiger partial charge in [-0.2, -0.15) is 0 Å². The lowest BCUT2D eigenvalue weighted by molar-refractivity contribution is 1.02. The molecule has 11 aromatic rings. The molecule has 1 unspecified atom stereocenters. The fourth-order valence-electron chi connectivity index (χ4n) is 9.92. The third-order valence-corrected chi connectivity index (χ3v) is 13.2. The van der Waals surface area contributed by atoms with Crippen molar-refractivity contribution >= 4 is 55.5 Å². The molecule has 1 aromatic heterocycles. The summed E-state index contributed by atoms with van der Waals surface area (Å²) in [5.41, 5.74) is 20.3. The first kappa shape index (κ1) is 36.1. The molecule has 0 fully saturated rings. The minimum Gasteiger partial charge on any atom is -0.309 e. The summed E-state index contributed by atoms with van der Waals surface area (Å²) in [6.45, 7) is 4.28. The van der Waals surface area contributed by atoms with Crippen molar-refractivity contribution in [1.29, 1.82) is 0 Å². The Labute approximate surface area is 362 Å². The van der Waals surface area contributed by atoms with Crippen LogP contribution in [-0.2, 0) is 0 Å². The lowest BCUT2D eigenvalue weighted by Crippen LogP contribution is -1.99. The predicted molar refractivity (Wildman–Crippen MR) is 264 cm³/mol. The number of benzene rings is 10. The number of aromatic nitrogens is 1. The van der Waals surface area contributed by atoms with E-state index in [9.17, 15) is 0 Å². The van der Waals surface area contributed by atoms with Crippen LogP contribution in [0.2, 0.25) is 0 Å². The average molecular weight is 790 g/mol. The van der Waals surface area contributed by atoms with E-state index in [0.29, 0.717) is 0 Å². The largest absolute Gasteiger partial charge is 0.309 e. The molecule has 1 heterocycles. The molecule has 1 aliphatic rings. The molecular formula is C61H43N. The number of nitrogens with zero attached hydrogens (tertiary/aromatic N) is 1. The summed E-state index contributed by atoms with van der Waals surface area (Å²) >= 11 is 0. The van der Waals surface area contributed by atoms with Gasteiger partial charge in [-0.1, -0.05) is 181 Å². The van der Waals surface area contributed by atoms with Crippen molar-refractivity contribution in [2.75, 3.05) is 0 Å². The van der Waals surface area contributed by atoms with E-state index in [1.807, 2.05) is 0 Å². The lowest BCUT2D eigenvalue weighted by atomic mass is 9.87. The smallest absolute Gasteiger partial charge is 0.0541 e. The van der Waals surface area contributed by atoms with Crippen molar-refractivity contribution < 1.29 is 0 Å². The summed E-state index contributed by atoms with van der Waals surface area (Å²) in [5, 5.41) is 7.50. The molecular weight excluding hydrogens is 747 g/mol. The van der Waals surface area contributed by atoms with E-state index >= 15 is 0 Å². The van der Waals surface area contributed by atoms with Gasteiger partial charge in [0.1, 0.15) is 0 Å². The molecule has 0 N–H and O–H groups in total. The van der Waals surface area contributed by atoms with Gasteiger partial charge in [-0.05, 0) is 145 Å². The molecule has 1 aliphatic carbocycles. The van der Waals surface area contributed by atoms with Gasteiger partial charge in [0.25, 0.3) is 0 Å². The third-order valence-electron chi connectivity index (χ3n) is 13.2. The fourth-order valence-corrected chi connectivity index (χ4v) is 9.92. The van der Waals surface area contributed by atoms with Gasteiger partial charge in [-0.15, -0.1) is 0 Å². The van der Waals surface area contributed by atoms with E-state index in [-0.39, 0.29) is 5.92 Å². The number of hydrogen-bond acceptors (Lipinski definition) is 0. The number of hydrogen-bond donors (Lipinski definition) is 0. The Morgan fingerprint density at radius 2 is 0.919 bits per heavy atom. The van der Waals surface area contributed by atoms with Crippen LogP contribution >= 0.6 is 0 Å². The quantitative estimate of drug-likeness (QED) is 0.148. The predicted octanol–water partition coefficient (Wildman–Crippen LogP) is 16.4. The number of rotatable bonds is 6. The normalized spacial score (nSPS) is 13.4. The molecule has 0 bridgehead atoms. The Hall–Kier alpha value is -7.74. The van der Waals surface area contributed by atoms with Crippen molar-refractivity contribution in [2.24, 2.45) is 0 Å². The zero-order valence-corrected chi connectivity index (χ0v) is 34.8. The summed E-state index contributed by atoms with van der Waals surface area (Å²) in [6, 6.07) is 76.8. The van der Waals surface area contributed by atoms with Crippen molar-refractivity contribution in [3.63, 3.8) is 0 Å². The summed E-state index contributed by atoms with van der Waals surface area (Å²) < 4.78 is 2.41. The number of fused-ring (bicyclic) bond motifs is 8. The van der Waals surface area contributed by atoms with Gasteiger partial charge in [0, 0.05) is 22.4 Å².